The van der Waals surface area contributed by atoms with Crippen LogP contribution in [-0.2, 0) is 9.84 Å². The lowest BCUT2D eigenvalue weighted by Gasteiger charge is -2.17. The molecular weight excluding hydrogens is 303 g/mol. The maximum Gasteiger partial charge on any atom is 0.190 e. The Balaban J connectivity index is 2.40. The fourth-order valence-corrected chi connectivity index (χ4v) is 3.95. The minimum Gasteiger partial charge on any atom is -0.378 e. The molecule has 3 N–H and O–H groups in total. The van der Waals surface area contributed by atoms with Crippen molar-refractivity contribution in [3.8, 4) is 0 Å². The number of halogens is 1. The van der Waals surface area contributed by atoms with Gasteiger partial charge in [0.05, 0.1) is 11.4 Å². The molecule has 0 radical (unpaired) electrons. The van der Waals surface area contributed by atoms with E-state index in [0.29, 0.717) is 5.56 Å². The monoisotopic (exact) mass is 323 g/mol. The molecule has 0 bridgehead atoms. The van der Waals surface area contributed by atoms with Gasteiger partial charge >= 0.3 is 0 Å². The van der Waals surface area contributed by atoms with E-state index in [4.69, 9.17) is 0 Å². The van der Waals surface area contributed by atoms with Crippen LogP contribution in [0.4, 0.5) is 10.1 Å². The summed E-state index contributed by atoms with van der Waals surface area (Å²) in [5.41, 5.74) is 5.44. The van der Waals surface area contributed by atoms with Gasteiger partial charge in [0.15, 0.2) is 9.84 Å². The van der Waals surface area contributed by atoms with Gasteiger partial charge in [-0.25, -0.2) is 12.8 Å². The number of benzene rings is 2. The van der Waals surface area contributed by atoms with E-state index in [1.165, 1.54) is 12.1 Å². The Labute approximate surface area is 130 Å². The summed E-state index contributed by atoms with van der Waals surface area (Å²) in [5.74, 6) is -0.458. The minimum atomic E-state index is -3.60. The van der Waals surface area contributed by atoms with Crippen molar-refractivity contribution in [2.75, 3.05) is 25.5 Å². The molecule has 118 valence electrons. The van der Waals surface area contributed by atoms with Crippen LogP contribution < -0.4 is 10.6 Å². The summed E-state index contributed by atoms with van der Waals surface area (Å²) in [6.45, 7) is 0.209. The van der Waals surface area contributed by atoms with Gasteiger partial charge < -0.3 is 10.6 Å². The van der Waals surface area contributed by atoms with Crippen LogP contribution in [0.5, 0.6) is 0 Å². The number of rotatable bonds is 5. The molecule has 0 heterocycles. The smallest absolute Gasteiger partial charge is 0.190 e. The number of anilines is 1. The van der Waals surface area contributed by atoms with Gasteiger partial charge in [0.1, 0.15) is 11.1 Å². The lowest BCUT2D eigenvalue weighted by atomic mass is 10.1. The predicted molar refractivity (Wildman–Crippen MR) is 84.9 cm³/mol. The molecule has 0 aliphatic carbocycles. The van der Waals surface area contributed by atoms with Crippen LogP contribution in [-0.4, -0.2) is 29.1 Å². The molecule has 0 aliphatic rings. The molecule has 0 saturated carbocycles. The second-order valence-corrected chi connectivity index (χ2v) is 7.39. The minimum absolute atomic E-state index is 0.110. The van der Waals surface area contributed by atoms with Crippen molar-refractivity contribution in [3.63, 3.8) is 0 Å². The first-order valence-electron chi connectivity index (χ1n) is 6.92. The van der Waals surface area contributed by atoms with E-state index in [-0.39, 0.29) is 11.4 Å². The van der Waals surface area contributed by atoms with Gasteiger partial charge in [-0.15, -0.1) is 0 Å². The molecule has 22 heavy (non-hydrogen) atoms. The highest BCUT2D eigenvalue weighted by atomic mass is 32.2. The Kier molecular flexibility index (Phi) is 4.83. The normalized spacial score (nSPS) is 12.9. The number of hydrogen-bond donors (Lipinski definition) is 1. The number of sulfone groups is 1. The standard InChI is InChI=1S/C16H19FN2O2S/c1-19(2)14-7-3-12(4-8-14)16(11-18)22(20,21)15-9-5-13(17)6-10-15/h3-10,16H,11,18H2,1-2H3/p+1/t16-/m0/s1. The average molecular weight is 323 g/mol. The molecule has 2 aromatic carbocycles. The fourth-order valence-electron chi connectivity index (χ4n) is 2.28. The summed E-state index contributed by atoms with van der Waals surface area (Å²) >= 11 is 0. The van der Waals surface area contributed by atoms with E-state index in [2.05, 4.69) is 5.73 Å². The third kappa shape index (κ3) is 3.28. The summed E-state index contributed by atoms with van der Waals surface area (Å²) in [4.78, 5) is 2.05. The van der Waals surface area contributed by atoms with Crippen LogP contribution >= 0.6 is 0 Å². The first-order chi connectivity index (χ1) is 10.4. The third-order valence-electron chi connectivity index (χ3n) is 3.56. The third-order valence-corrected chi connectivity index (χ3v) is 5.75. The molecule has 6 heteroatoms. The van der Waals surface area contributed by atoms with Crippen LogP contribution in [0.3, 0.4) is 0 Å². The topological polar surface area (TPSA) is 65.0 Å². The highest BCUT2D eigenvalue weighted by Gasteiger charge is 2.29. The Morgan fingerprint density at radius 3 is 2.05 bits per heavy atom. The number of nitrogens with zero attached hydrogens (tertiary/aromatic N) is 1. The molecule has 2 rings (SSSR count). The second kappa shape index (κ2) is 6.46. The summed E-state index contributed by atoms with van der Waals surface area (Å²) in [5, 5.41) is -0.742. The predicted octanol–water partition coefficient (Wildman–Crippen LogP) is 1.65. The van der Waals surface area contributed by atoms with Crippen molar-refractivity contribution < 1.29 is 18.5 Å². The Morgan fingerprint density at radius 2 is 1.59 bits per heavy atom. The Morgan fingerprint density at radius 1 is 1.05 bits per heavy atom. The van der Waals surface area contributed by atoms with Crippen LogP contribution in [0.2, 0.25) is 0 Å². The summed E-state index contributed by atoms with van der Waals surface area (Å²) in [6.07, 6.45) is 0. The molecule has 0 aliphatic heterocycles. The molecule has 0 aromatic heterocycles. The van der Waals surface area contributed by atoms with Crippen molar-refractivity contribution in [1.29, 1.82) is 0 Å². The molecule has 4 nitrogen and oxygen atoms in total. The van der Waals surface area contributed by atoms with E-state index in [1.54, 1.807) is 12.1 Å². The largest absolute Gasteiger partial charge is 0.378 e. The lowest BCUT2D eigenvalue weighted by molar-refractivity contribution is -0.367. The van der Waals surface area contributed by atoms with Crippen molar-refractivity contribution in [3.05, 3.63) is 59.9 Å². The first-order valence-corrected chi connectivity index (χ1v) is 8.47. The van der Waals surface area contributed by atoms with Crippen LogP contribution in [0.1, 0.15) is 10.8 Å². The van der Waals surface area contributed by atoms with E-state index in [1.807, 2.05) is 31.1 Å². The molecule has 0 spiro atoms. The number of quaternary nitrogens is 1. The maximum absolute atomic E-state index is 13.0. The molecule has 0 amide bonds. The zero-order chi connectivity index (χ0) is 16.3. The first kappa shape index (κ1) is 16.5. The molecule has 0 fully saturated rings. The van der Waals surface area contributed by atoms with Crippen molar-refractivity contribution in [1.82, 2.24) is 0 Å². The zero-order valence-corrected chi connectivity index (χ0v) is 13.5. The highest BCUT2D eigenvalue weighted by molar-refractivity contribution is 7.91. The second-order valence-electron chi connectivity index (χ2n) is 5.26. The number of hydrogen-bond acceptors (Lipinski definition) is 3. The highest BCUT2D eigenvalue weighted by Crippen LogP contribution is 2.29. The van der Waals surface area contributed by atoms with Gasteiger partial charge in [-0.05, 0) is 42.0 Å². The van der Waals surface area contributed by atoms with Gasteiger partial charge in [0, 0.05) is 19.8 Å². The quantitative estimate of drug-likeness (QED) is 0.851. The van der Waals surface area contributed by atoms with Crippen molar-refractivity contribution >= 4 is 15.5 Å². The van der Waals surface area contributed by atoms with Crippen LogP contribution in [0.25, 0.3) is 0 Å². The maximum atomic E-state index is 13.0. The van der Waals surface area contributed by atoms with E-state index < -0.39 is 20.9 Å². The fraction of sp³-hybridized carbons (Fsp3) is 0.250. The van der Waals surface area contributed by atoms with Crippen molar-refractivity contribution in [2.24, 2.45) is 0 Å². The van der Waals surface area contributed by atoms with Gasteiger partial charge in [-0.2, -0.15) is 0 Å². The molecule has 0 unspecified atom stereocenters. The van der Waals surface area contributed by atoms with Gasteiger partial charge in [-0.1, -0.05) is 12.1 Å². The van der Waals surface area contributed by atoms with Gasteiger partial charge in [0.25, 0.3) is 0 Å². The summed E-state index contributed by atoms with van der Waals surface area (Å²) in [7, 11) is 0.243. The molecule has 0 saturated heterocycles. The SMILES string of the molecule is CN(C)c1ccc([C@H](C[NH3+])S(=O)(=O)c2ccc(F)cc2)cc1. The van der Waals surface area contributed by atoms with Gasteiger partial charge in [0.2, 0.25) is 0 Å². The van der Waals surface area contributed by atoms with Crippen molar-refractivity contribution in [2.45, 2.75) is 10.1 Å². The summed E-state index contributed by atoms with van der Waals surface area (Å²) in [6, 6.07) is 12.2. The molecule has 2 aromatic rings. The van der Waals surface area contributed by atoms with E-state index >= 15 is 0 Å². The van der Waals surface area contributed by atoms with Crippen LogP contribution in [0, 0.1) is 5.82 Å². The van der Waals surface area contributed by atoms with Gasteiger partial charge in [-0.3, -0.25) is 0 Å². The average Bonchev–Trinajstić information content (AvgIpc) is 2.48. The zero-order valence-electron chi connectivity index (χ0n) is 12.7. The van der Waals surface area contributed by atoms with E-state index in [9.17, 15) is 12.8 Å². The lowest BCUT2D eigenvalue weighted by Crippen LogP contribution is -2.54. The van der Waals surface area contributed by atoms with Crippen LogP contribution in [0.15, 0.2) is 53.4 Å². The molecular formula is C16H20FN2O2S+. The molecule has 1 atom stereocenters. The Hall–Kier alpha value is -1.92. The Bertz CT molecular complexity index is 726. The summed E-state index contributed by atoms with van der Waals surface area (Å²) < 4.78 is 38.4. The van der Waals surface area contributed by atoms with E-state index in [0.717, 1.165) is 17.8 Å².